The summed E-state index contributed by atoms with van der Waals surface area (Å²) in [5.74, 6) is -1.41. The smallest absolute Gasteiger partial charge is 0.419 e. The third-order valence-corrected chi connectivity index (χ3v) is 2.18. The van der Waals surface area contributed by atoms with Crippen LogP contribution in [-0.4, -0.2) is 19.3 Å². The topological polar surface area (TPSA) is 33.6 Å². The molecule has 0 heterocycles. The van der Waals surface area contributed by atoms with Gasteiger partial charge in [0.2, 0.25) is 0 Å². The van der Waals surface area contributed by atoms with Crippen molar-refractivity contribution in [3.05, 3.63) is 42.0 Å². The zero-order valence-electron chi connectivity index (χ0n) is 10.7. The van der Waals surface area contributed by atoms with Gasteiger partial charge < -0.3 is 10.1 Å². The average Bonchev–Trinajstić information content (AvgIpc) is 2.36. The molecule has 0 fully saturated rings. The molecule has 0 aromatic heterocycles. The Hall–Kier alpha value is -1.89. The number of rotatable bonds is 6. The number of nitrogens with zero attached hydrogens (tertiary/aromatic N) is 1. The molecule has 0 aliphatic heterocycles. The number of benzene rings is 1. The van der Waals surface area contributed by atoms with Gasteiger partial charge in [0, 0.05) is 18.8 Å². The van der Waals surface area contributed by atoms with Crippen LogP contribution in [0.15, 0.2) is 35.7 Å². The van der Waals surface area contributed by atoms with Gasteiger partial charge in [-0.2, -0.15) is 13.2 Å². The molecule has 0 radical (unpaired) electrons. The lowest BCUT2D eigenvalue weighted by Gasteiger charge is -2.11. The van der Waals surface area contributed by atoms with Crippen LogP contribution in [0.3, 0.4) is 0 Å². The molecule has 0 unspecified atom stereocenters. The Bertz CT molecular complexity index is 484. The first kappa shape index (κ1) is 16.2. The fraction of sp³-hybridized carbons (Fsp3) is 0.308. The zero-order valence-corrected chi connectivity index (χ0v) is 10.7. The Morgan fingerprint density at radius 2 is 2.10 bits per heavy atom. The standard InChI is InChI=1S/C13H14F4N2O/c1-2-18-5-6-19-7-8-20-12-9-10(14)3-4-11(12)13(15,16)17/h3-4,6-9,18H,2,5H2,1H3/b8-7+,19-6+. The number of hydrogen-bond acceptors (Lipinski definition) is 3. The minimum absolute atomic E-state index is 0.536. The van der Waals surface area contributed by atoms with E-state index in [9.17, 15) is 17.6 Å². The summed E-state index contributed by atoms with van der Waals surface area (Å²) in [6, 6.07) is 2.04. The van der Waals surface area contributed by atoms with Gasteiger partial charge in [-0.3, -0.25) is 4.99 Å². The lowest BCUT2D eigenvalue weighted by atomic mass is 10.2. The van der Waals surface area contributed by atoms with E-state index in [1.54, 1.807) is 0 Å². The summed E-state index contributed by atoms with van der Waals surface area (Å²) in [5.41, 5.74) is -1.04. The molecule has 0 aliphatic rings. The van der Waals surface area contributed by atoms with E-state index < -0.39 is 23.3 Å². The van der Waals surface area contributed by atoms with Gasteiger partial charge in [-0.15, -0.1) is 0 Å². The summed E-state index contributed by atoms with van der Waals surface area (Å²) in [6.45, 7) is 3.24. The van der Waals surface area contributed by atoms with Crippen LogP contribution in [0, 0.1) is 5.82 Å². The molecule has 7 heteroatoms. The minimum Gasteiger partial charge on any atom is -0.463 e. The molecule has 0 saturated heterocycles. The van der Waals surface area contributed by atoms with E-state index in [0.29, 0.717) is 18.7 Å². The van der Waals surface area contributed by atoms with Crippen LogP contribution in [0.5, 0.6) is 5.75 Å². The predicted molar refractivity (Wildman–Crippen MR) is 68.2 cm³/mol. The van der Waals surface area contributed by atoms with Gasteiger partial charge in [-0.25, -0.2) is 4.39 Å². The highest BCUT2D eigenvalue weighted by Gasteiger charge is 2.34. The monoisotopic (exact) mass is 290 g/mol. The van der Waals surface area contributed by atoms with Crippen LogP contribution < -0.4 is 10.1 Å². The Labute approximate surface area is 114 Å². The molecule has 3 nitrogen and oxygen atoms in total. The first-order valence-corrected chi connectivity index (χ1v) is 5.86. The van der Waals surface area contributed by atoms with Gasteiger partial charge in [0.1, 0.15) is 17.8 Å². The molecule has 1 N–H and O–H groups in total. The Morgan fingerprint density at radius 1 is 1.35 bits per heavy atom. The highest BCUT2D eigenvalue weighted by molar-refractivity contribution is 5.60. The van der Waals surface area contributed by atoms with Gasteiger partial charge in [0.05, 0.1) is 11.8 Å². The van der Waals surface area contributed by atoms with Crippen LogP contribution in [0.2, 0.25) is 0 Å². The van der Waals surface area contributed by atoms with Crippen LogP contribution >= 0.6 is 0 Å². The normalized spacial score (nSPS) is 12.4. The fourth-order valence-corrected chi connectivity index (χ4v) is 1.29. The first-order valence-electron chi connectivity index (χ1n) is 5.86. The van der Waals surface area contributed by atoms with E-state index >= 15 is 0 Å². The van der Waals surface area contributed by atoms with Crippen molar-refractivity contribution < 1.29 is 22.3 Å². The number of hydrogen-bond donors (Lipinski definition) is 1. The fourth-order valence-electron chi connectivity index (χ4n) is 1.29. The molecule has 1 aromatic carbocycles. The average molecular weight is 290 g/mol. The second kappa shape index (κ2) is 7.64. The molecule has 0 amide bonds. The SMILES string of the molecule is CCNC/C=N/C=C/Oc1cc(F)ccc1C(F)(F)F. The van der Waals surface area contributed by atoms with Gasteiger partial charge in [-0.1, -0.05) is 6.92 Å². The van der Waals surface area contributed by atoms with Crippen molar-refractivity contribution >= 4 is 6.21 Å². The van der Waals surface area contributed by atoms with E-state index in [2.05, 4.69) is 10.3 Å². The minimum atomic E-state index is -4.61. The van der Waals surface area contributed by atoms with Crippen molar-refractivity contribution in [2.24, 2.45) is 4.99 Å². The lowest BCUT2D eigenvalue weighted by molar-refractivity contribution is -0.138. The van der Waals surface area contributed by atoms with Crippen LogP contribution in [-0.2, 0) is 6.18 Å². The summed E-state index contributed by atoms with van der Waals surface area (Å²) in [7, 11) is 0. The second-order valence-corrected chi connectivity index (χ2v) is 3.68. The molecule has 1 rings (SSSR count). The molecule has 0 atom stereocenters. The van der Waals surface area contributed by atoms with E-state index in [1.165, 1.54) is 12.4 Å². The van der Waals surface area contributed by atoms with Crippen molar-refractivity contribution in [3.8, 4) is 5.75 Å². The maximum Gasteiger partial charge on any atom is 0.419 e. The van der Waals surface area contributed by atoms with Gasteiger partial charge in [0.15, 0.2) is 0 Å². The van der Waals surface area contributed by atoms with Gasteiger partial charge in [-0.05, 0) is 18.7 Å². The summed E-state index contributed by atoms with van der Waals surface area (Å²) >= 11 is 0. The number of alkyl halides is 3. The molecular weight excluding hydrogens is 276 g/mol. The van der Waals surface area contributed by atoms with Crippen molar-refractivity contribution in [1.82, 2.24) is 5.32 Å². The lowest BCUT2D eigenvalue weighted by Crippen LogP contribution is -2.14. The zero-order chi connectivity index (χ0) is 15.0. The van der Waals surface area contributed by atoms with Gasteiger partial charge in [0.25, 0.3) is 0 Å². The number of nitrogens with one attached hydrogen (secondary N) is 1. The highest BCUT2D eigenvalue weighted by atomic mass is 19.4. The Balaban J connectivity index is 2.70. The molecule has 0 saturated carbocycles. The van der Waals surface area contributed by atoms with Crippen LogP contribution in [0.1, 0.15) is 12.5 Å². The maximum absolute atomic E-state index is 12.9. The first-order chi connectivity index (χ1) is 9.45. The summed E-state index contributed by atoms with van der Waals surface area (Å²) in [4.78, 5) is 3.77. The summed E-state index contributed by atoms with van der Waals surface area (Å²) < 4.78 is 55.6. The van der Waals surface area contributed by atoms with Crippen LogP contribution in [0.25, 0.3) is 0 Å². The number of aliphatic imine (C=N–C) groups is 1. The summed E-state index contributed by atoms with van der Waals surface area (Å²) in [5, 5.41) is 2.97. The quantitative estimate of drug-likeness (QED) is 0.377. The van der Waals surface area contributed by atoms with Crippen molar-refractivity contribution in [2.45, 2.75) is 13.1 Å². The predicted octanol–water partition coefficient (Wildman–Crippen LogP) is 3.37. The Kier molecular flexibility index (Phi) is 6.17. The second-order valence-electron chi connectivity index (χ2n) is 3.68. The van der Waals surface area contributed by atoms with E-state index in [4.69, 9.17) is 4.74 Å². The van der Waals surface area contributed by atoms with Gasteiger partial charge >= 0.3 is 6.18 Å². The molecule has 20 heavy (non-hydrogen) atoms. The van der Waals surface area contributed by atoms with Crippen LogP contribution in [0.4, 0.5) is 17.6 Å². The maximum atomic E-state index is 12.9. The molecule has 0 aliphatic carbocycles. The largest absolute Gasteiger partial charge is 0.463 e. The number of ether oxygens (including phenoxy) is 1. The molecule has 0 bridgehead atoms. The van der Waals surface area contributed by atoms with E-state index in [-0.39, 0.29) is 0 Å². The van der Waals surface area contributed by atoms with E-state index in [1.807, 2.05) is 6.92 Å². The summed E-state index contributed by atoms with van der Waals surface area (Å²) in [6.07, 6.45) is -0.931. The Morgan fingerprint density at radius 3 is 2.75 bits per heavy atom. The van der Waals surface area contributed by atoms with E-state index in [0.717, 1.165) is 18.9 Å². The molecule has 110 valence electrons. The highest BCUT2D eigenvalue weighted by Crippen LogP contribution is 2.36. The van der Waals surface area contributed by atoms with Crippen molar-refractivity contribution in [1.29, 1.82) is 0 Å². The molecule has 0 spiro atoms. The number of halogens is 4. The third-order valence-electron chi connectivity index (χ3n) is 2.18. The van der Waals surface area contributed by atoms with Crippen molar-refractivity contribution in [3.63, 3.8) is 0 Å². The third kappa shape index (κ3) is 5.40. The molecule has 1 aromatic rings. The molecular formula is C13H14F4N2O. The van der Waals surface area contributed by atoms with Crippen molar-refractivity contribution in [2.75, 3.05) is 13.1 Å².